The number of rotatable bonds is 5. The minimum absolute atomic E-state index is 0.181. The Kier molecular flexibility index (Phi) is 5.67. The third-order valence-electron chi connectivity index (χ3n) is 3.64. The van der Waals surface area contributed by atoms with Crippen molar-refractivity contribution >= 4 is 15.9 Å². The van der Waals surface area contributed by atoms with Crippen molar-refractivity contribution in [2.75, 3.05) is 13.2 Å². The molecule has 110 valence electrons. The molecule has 0 aliphatic carbocycles. The lowest BCUT2D eigenvalue weighted by molar-refractivity contribution is 0.167. The summed E-state index contributed by atoms with van der Waals surface area (Å²) in [5.74, 6) is 1.09. The molecule has 0 saturated heterocycles. The molecule has 0 spiro atoms. The Balaban J connectivity index is 2.32. The van der Waals surface area contributed by atoms with E-state index < -0.39 is 0 Å². The standard InChI is InChI=1S/C17H24BrNO/c1-4-8-19-17(15-7-5-6-9-20-15)14-10-12(2)16(18)13(3)11-14/h7,10-11,17,19H,4-6,8-9H2,1-3H3. The van der Waals surface area contributed by atoms with Crippen molar-refractivity contribution in [2.24, 2.45) is 0 Å². The second kappa shape index (κ2) is 7.28. The van der Waals surface area contributed by atoms with Crippen molar-refractivity contribution in [3.8, 4) is 0 Å². The zero-order chi connectivity index (χ0) is 14.5. The topological polar surface area (TPSA) is 21.3 Å². The van der Waals surface area contributed by atoms with Crippen LogP contribution in [-0.4, -0.2) is 13.2 Å². The highest BCUT2D eigenvalue weighted by molar-refractivity contribution is 9.10. The molecule has 1 atom stereocenters. The Hall–Kier alpha value is -0.800. The monoisotopic (exact) mass is 337 g/mol. The van der Waals surface area contributed by atoms with Gasteiger partial charge in [-0.25, -0.2) is 0 Å². The van der Waals surface area contributed by atoms with E-state index in [-0.39, 0.29) is 6.04 Å². The third-order valence-corrected chi connectivity index (χ3v) is 4.89. The Labute approximate surface area is 130 Å². The minimum Gasteiger partial charge on any atom is -0.496 e. The maximum Gasteiger partial charge on any atom is 0.113 e. The minimum atomic E-state index is 0.181. The van der Waals surface area contributed by atoms with Crippen molar-refractivity contribution in [1.29, 1.82) is 0 Å². The first-order valence-corrected chi connectivity index (χ1v) is 8.25. The molecule has 1 heterocycles. The quantitative estimate of drug-likeness (QED) is 0.833. The molecule has 1 aromatic rings. The SMILES string of the molecule is CCCNC(C1=CCCCO1)c1cc(C)c(Br)c(C)c1. The number of aryl methyl sites for hydroxylation is 2. The molecule has 2 nitrogen and oxygen atoms in total. The van der Waals surface area contributed by atoms with Gasteiger partial charge < -0.3 is 10.1 Å². The van der Waals surface area contributed by atoms with Crippen LogP contribution in [0.2, 0.25) is 0 Å². The second-order valence-corrected chi connectivity index (χ2v) is 6.25. The maximum atomic E-state index is 5.89. The summed E-state index contributed by atoms with van der Waals surface area (Å²) in [5, 5.41) is 3.62. The van der Waals surface area contributed by atoms with Gasteiger partial charge in [0.25, 0.3) is 0 Å². The molecular formula is C17H24BrNO. The van der Waals surface area contributed by atoms with Gasteiger partial charge in [0.1, 0.15) is 5.76 Å². The summed E-state index contributed by atoms with van der Waals surface area (Å²) < 4.78 is 7.09. The predicted molar refractivity (Wildman–Crippen MR) is 87.9 cm³/mol. The summed E-state index contributed by atoms with van der Waals surface area (Å²) in [6, 6.07) is 4.69. The van der Waals surface area contributed by atoms with E-state index in [1.165, 1.54) is 21.2 Å². The molecule has 0 radical (unpaired) electrons. The van der Waals surface area contributed by atoms with Crippen LogP contribution in [-0.2, 0) is 4.74 Å². The molecule has 3 heteroatoms. The Bertz CT molecular complexity index is 473. The highest BCUT2D eigenvalue weighted by atomic mass is 79.9. The number of allylic oxidation sites excluding steroid dienone is 1. The lowest BCUT2D eigenvalue weighted by atomic mass is 9.98. The summed E-state index contributed by atoms with van der Waals surface area (Å²) in [4.78, 5) is 0. The Morgan fingerprint density at radius 3 is 2.55 bits per heavy atom. The van der Waals surface area contributed by atoms with Crippen molar-refractivity contribution in [2.45, 2.75) is 46.1 Å². The van der Waals surface area contributed by atoms with Crippen molar-refractivity contribution in [1.82, 2.24) is 5.32 Å². The van der Waals surface area contributed by atoms with Crippen LogP contribution < -0.4 is 5.32 Å². The molecule has 0 bridgehead atoms. The van der Waals surface area contributed by atoms with Crippen LogP contribution in [0.15, 0.2) is 28.4 Å². The van der Waals surface area contributed by atoms with E-state index in [1.807, 2.05) is 0 Å². The predicted octanol–water partition coefficient (Wildman–Crippen LogP) is 4.80. The van der Waals surface area contributed by atoms with Crippen LogP contribution in [0.3, 0.4) is 0 Å². The van der Waals surface area contributed by atoms with Crippen LogP contribution >= 0.6 is 15.9 Å². The lowest BCUT2D eigenvalue weighted by Crippen LogP contribution is -2.26. The smallest absolute Gasteiger partial charge is 0.113 e. The largest absolute Gasteiger partial charge is 0.496 e. The van der Waals surface area contributed by atoms with E-state index in [9.17, 15) is 0 Å². The van der Waals surface area contributed by atoms with Gasteiger partial charge >= 0.3 is 0 Å². The molecule has 0 fully saturated rings. The zero-order valence-electron chi connectivity index (χ0n) is 12.6. The van der Waals surface area contributed by atoms with Crippen LogP contribution in [0.1, 0.15) is 48.9 Å². The molecular weight excluding hydrogens is 314 g/mol. The highest BCUT2D eigenvalue weighted by Gasteiger charge is 2.20. The van der Waals surface area contributed by atoms with Crippen LogP contribution in [0.25, 0.3) is 0 Å². The molecule has 1 aliphatic heterocycles. The molecule has 20 heavy (non-hydrogen) atoms. The Morgan fingerprint density at radius 1 is 1.30 bits per heavy atom. The summed E-state index contributed by atoms with van der Waals surface area (Å²) in [5.41, 5.74) is 3.85. The van der Waals surface area contributed by atoms with Crippen molar-refractivity contribution in [3.63, 3.8) is 0 Å². The van der Waals surface area contributed by atoms with E-state index >= 15 is 0 Å². The highest BCUT2D eigenvalue weighted by Crippen LogP contribution is 2.30. The van der Waals surface area contributed by atoms with Crippen LogP contribution in [0.4, 0.5) is 0 Å². The maximum absolute atomic E-state index is 5.89. The van der Waals surface area contributed by atoms with Gasteiger partial charge in [-0.3, -0.25) is 0 Å². The number of hydrogen-bond donors (Lipinski definition) is 1. The fraction of sp³-hybridized carbons (Fsp3) is 0.529. The summed E-state index contributed by atoms with van der Waals surface area (Å²) in [6.45, 7) is 8.32. The first-order valence-electron chi connectivity index (χ1n) is 7.46. The normalized spacial score (nSPS) is 16.5. The van der Waals surface area contributed by atoms with Gasteiger partial charge in [-0.1, -0.05) is 35.0 Å². The summed E-state index contributed by atoms with van der Waals surface area (Å²) >= 11 is 3.64. The molecule has 1 aromatic carbocycles. The van der Waals surface area contributed by atoms with Gasteiger partial charge in [0.2, 0.25) is 0 Å². The van der Waals surface area contributed by atoms with Crippen molar-refractivity contribution in [3.05, 3.63) is 45.1 Å². The van der Waals surface area contributed by atoms with Gasteiger partial charge in [0, 0.05) is 4.47 Å². The molecule has 1 aliphatic rings. The van der Waals surface area contributed by atoms with Gasteiger partial charge in [0.05, 0.1) is 12.6 Å². The number of nitrogens with one attached hydrogen (secondary N) is 1. The van der Waals surface area contributed by atoms with Crippen molar-refractivity contribution < 1.29 is 4.74 Å². The van der Waals surface area contributed by atoms with E-state index in [4.69, 9.17) is 4.74 Å². The fourth-order valence-electron chi connectivity index (χ4n) is 2.60. The first-order chi connectivity index (χ1) is 9.63. The molecule has 0 amide bonds. The van der Waals surface area contributed by atoms with E-state index in [1.54, 1.807) is 0 Å². The van der Waals surface area contributed by atoms with E-state index in [2.05, 4.69) is 60.2 Å². The molecule has 1 unspecified atom stereocenters. The van der Waals surface area contributed by atoms with E-state index in [0.717, 1.165) is 38.2 Å². The number of halogens is 1. The Morgan fingerprint density at radius 2 is 2.00 bits per heavy atom. The van der Waals surface area contributed by atoms with E-state index in [0.29, 0.717) is 0 Å². The van der Waals surface area contributed by atoms with Gasteiger partial charge in [-0.15, -0.1) is 0 Å². The second-order valence-electron chi connectivity index (χ2n) is 5.45. The van der Waals surface area contributed by atoms with Crippen LogP contribution in [0.5, 0.6) is 0 Å². The molecule has 0 aromatic heterocycles. The third kappa shape index (κ3) is 3.64. The lowest BCUT2D eigenvalue weighted by Gasteiger charge is -2.26. The van der Waals surface area contributed by atoms with Gasteiger partial charge in [0.15, 0.2) is 0 Å². The van der Waals surface area contributed by atoms with Crippen LogP contribution in [0, 0.1) is 13.8 Å². The average molecular weight is 338 g/mol. The molecule has 0 saturated carbocycles. The molecule has 2 rings (SSSR count). The van der Waals surface area contributed by atoms with Gasteiger partial charge in [-0.2, -0.15) is 0 Å². The number of ether oxygens (including phenoxy) is 1. The summed E-state index contributed by atoms with van der Waals surface area (Å²) in [7, 11) is 0. The van der Waals surface area contributed by atoms with Gasteiger partial charge in [-0.05, 0) is 62.4 Å². The molecule has 1 N–H and O–H groups in total. The number of hydrogen-bond acceptors (Lipinski definition) is 2. The number of benzene rings is 1. The average Bonchev–Trinajstić information content (AvgIpc) is 2.46. The summed E-state index contributed by atoms with van der Waals surface area (Å²) in [6.07, 6.45) is 5.61. The first kappa shape index (κ1) is 15.6. The zero-order valence-corrected chi connectivity index (χ0v) is 14.2. The fourth-order valence-corrected chi connectivity index (χ4v) is 2.82.